The topological polar surface area (TPSA) is 12.9 Å². The Morgan fingerprint density at radius 3 is 2.91 bits per heavy atom. The molecule has 1 aromatic rings. The molecule has 58 valence electrons. The molecule has 1 aromatic heterocycles. The van der Waals surface area contributed by atoms with E-state index in [1.807, 2.05) is 6.92 Å². The summed E-state index contributed by atoms with van der Waals surface area (Å²) in [5, 5.41) is 3.64. The van der Waals surface area contributed by atoms with E-state index in [2.05, 4.69) is 37.4 Å². The molecule has 0 N–H and O–H groups in total. The predicted octanol–water partition coefficient (Wildman–Crippen LogP) is 3.50. The predicted molar refractivity (Wildman–Crippen MR) is 60.4 cm³/mol. The Morgan fingerprint density at radius 2 is 2.45 bits per heavy atom. The summed E-state index contributed by atoms with van der Waals surface area (Å²) in [6.45, 7) is 1.88. The normalized spacial score (nSPS) is 9.00. The molecule has 1 rings (SSSR count). The van der Waals surface area contributed by atoms with E-state index in [4.69, 9.17) is 11.6 Å². The highest BCUT2D eigenvalue weighted by molar-refractivity contribution is 14.2. The van der Waals surface area contributed by atoms with Gasteiger partial charge >= 0.3 is 0 Å². The van der Waals surface area contributed by atoms with Gasteiger partial charge in [0.2, 0.25) is 0 Å². The largest absolute Gasteiger partial charge is 0.231 e. The van der Waals surface area contributed by atoms with E-state index in [9.17, 15) is 0 Å². The summed E-state index contributed by atoms with van der Waals surface area (Å²) in [5.41, 5.74) is 0.861. The van der Waals surface area contributed by atoms with Gasteiger partial charge in [-0.15, -0.1) is 0 Å². The molecule has 5 heteroatoms. The fraction of sp³-hybridized carbons (Fsp3) is 0.167. The van der Waals surface area contributed by atoms with Crippen molar-refractivity contribution in [1.82, 2.24) is 4.98 Å². The number of thiazole rings is 1. The van der Waals surface area contributed by atoms with Gasteiger partial charge in [0.1, 0.15) is 4.34 Å². The third-order valence-electron chi connectivity index (χ3n) is 0.937. The van der Waals surface area contributed by atoms with Crippen LogP contribution in [-0.4, -0.2) is 4.98 Å². The molecule has 0 atom stereocenters. The van der Waals surface area contributed by atoms with E-state index in [1.165, 1.54) is 20.3 Å². The molecule has 0 amide bonds. The van der Waals surface area contributed by atoms with Crippen LogP contribution >= 0.6 is 53.1 Å². The first-order valence-electron chi connectivity index (χ1n) is 2.65. The van der Waals surface area contributed by atoms with Gasteiger partial charge in [-0.1, -0.05) is 22.9 Å². The molecule has 11 heavy (non-hydrogen) atoms. The summed E-state index contributed by atoms with van der Waals surface area (Å²) >= 11 is 9.32. The molecule has 0 spiro atoms. The minimum Gasteiger partial charge on any atom is -0.231 e. The van der Waals surface area contributed by atoms with E-state index >= 15 is 0 Å². The Kier molecular flexibility index (Phi) is 3.99. The molecule has 0 unspecified atom stereocenters. The van der Waals surface area contributed by atoms with Crippen molar-refractivity contribution in [3.8, 4) is 11.2 Å². The van der Waals surface area contributed by atoms with Crippen LogP contribution in [0, 0.1) is 18.1 Å². The second-order valence-corrected chi connectivity index (χ2v) is 4.96. The number of aryl methyl sites for hydroxylation is 1. The van der Waals surface area contributed by atoms with E-state index in [1.54, 1.807) is 0 Å². The van der Waals surface area contributed by atoms with Crippen LogP contribution in [-0.2, 0) is 0 Å². The molecule has 0 saturated heterocycles. The maximum absolute atomic E-state index is 5.79. The molecule has 0 bridgehead atoms. The Balaban J connectivity index is 2.89. The van der Waals surface area contributed by atoms with Crippen LogP contribution in [0.4, 0.5) is 0 Å². The number of rotatable bonds is 0. The maximum atomic E-state index is 5.79. The van der Waals surface area contributed by atoms with Crippen molar-refractivity contribution in [2.45, 2.75) is 6.92 Å². The number of nitrogens with zero attached hydrogens (tertiary/aromatic N) is 1. The quantitative estimate of drug-likeness (QED) is 0.537. The molecule has 0 radical (unpaired) electrons. The summed E-state index contributed by atoms with van der Waals surface area (Å²) in [4.78, 5) is 4.14. The van der Waals surface area contributed by atoms with E-state index < -0.39 is 0 Å². The lowest BCUT2D eigenvalue weighted by atomic mass is 10.6. The first-order chi connectivity index (χ1) is 5.24. The molecule has 0 aliphatic rings. The van der Waals surface area contributed by atoms with Gasteiger partial charge in [-0.25, -0.2) is 4.98 Å². The van der Waals surface area contributed by atoms with Gasteiger partial charge in [0.15, 0.2) is 5.01 Å². The van der Waals surface area contributed by atoms with Crippen molar-refractivity contribution in [2.75, 3.05) is 0 Å². The molecule has 1 nitrogen and oxygen atoms in total. The van der Waals surface area contributed by atoms with Crippen molar-refractivity contribution in [3.63, 3.8) is 0 Å². The van der Waals surface area contributed by atoms with Crippen molar-refractivity contribution in [1.29, 1.82) is 0 Å². The van der Waals surface area contributed by atoms with Crippen LogP contribution < -0.4 is 0 Å². The summed E-state index contributed by atoms with van der Waals surface area (Å²) < 4.78 is 0.729. The average molecular weight is 316 g/mol. The van der Waals surface area contributed by atoms with Crippen LogP contribution in [0.5, 0.6) is 0 Å². The Morgan fingerprint density at radius 1 is 1.73 bits per heavy atom. The molecule has 1 heterocycles. The van der Waals surface area contributed by atoms with Crippen molar-refractivity contribution < 1.29 is 0 Å². The molecule has 0 aliphatic carbocycles. The van der Waals surface area contributed by atoms with Crippen LogP contribution in [0.3, 0.4) is 0 Å². The highest BCUT2D eigenvalue weighted by atomic mass is 127. The molecular weight excluding hydrogens is 313 g/mol. The van der Waals surface area contributed by atoms with E-state index in [0.29, 0.717) is 0 Å². The summed E-state index contributed by atoms with van der Waals surface area (Å²) in [6, 6.07) is 0. The molecule has 0 aromatic carbocycles. The van der Waals surface area contributed by atoms with Gasteiger partial charge in [0.05, 0.1) is 5.69 Å². The Labute approximate surface area is 90.5 Å². The average Bonchev–Trinajstić information content (AvgIpc) is 2.28. The molecule has 0 aliphatic heterocycles. The van der Waals surface area contributed by atoms with Gasteiger partial charge < -0.3 is 0 Å². The SMILES string of the molecule is Cc1nc(C#CSI)sc1Cl. The molecule has 0 saturated carbocycles. The number of hydrogen-bond donors (Lipinski definition) is 0. The van der Waals surface area contributed by atoms with Crippen LogP contribution in [0.1, 0.15) is 10.7 Å². The second-order valence-electron chi connectivity index (χ2n) is 1.68. The van der Waals surface area contributed by atoms with Gasteiger partial charge in [0, 0.05) is 21.2 Å². The Bertz CT molecular complexity index is 293. The summed E-state index contributed by atoms with van der Waals surface area (Å²) in [7, 11) is 1.44. The van der Waals surface area contributed by atoms with Crippen LogP contribution in [0.15, 0.2) is 0 Å². The monoisotopic (exact) mass is 315 g/mol. The van der Waals surface area contributed by atoms with Crippen LogP contribution in [0.25, 0.3) is 0 Å². The fourth-order valence-corrected chi connectivity index (χ4v) is 1.93. The first-order valence-corrected chi connectivity index (χ1v) is 7.21. The first kappa shape index (κ1) is 9.65. The molecular formula is C6H3ClINS2. The van der Waals surface area contributed by atoms with Gasteiger partial charge in [-0.3, -0.25) is 0 Å². The maximum Gasteiger partial charge on any atom is 0.169 e. The third-order valence-corrected chi connectivity index (χ3v) is 3.14. The zero-order valence-electron chi connectivity index (χ0n) is 5.52. The fourth-order valence-electron chi connectivity index (χ4n) is 0.494. The number of aromatic nitrogens is 1. The van der Waals surface area contributed by atoms with Gasteiger partial charge in [0.25, 0.3) is 0 Å². The zero-order chi connectivity index (χ0) is 8.27. The van der Waals surface area contributed by atoms with Gasteiger partial charge in [-0.2, -0.15) is 0 Å². The van der Waals surface area contributed by atoms with Crippen molar-refractivity contribution in [3.05, 3.63) is 15.0 Å². The highest BCUT2D eigenvalue weighted by Gasteiger charge is 2.01. The lowest BCUT2D eigenvalue weighted by Gasteiger charge is -1.75. The number of hydrogen-bond acceptors (Lipinski definition) is 3. The minimum absolute atomic E-state index is 0.729. The highest BCUT2D eigenvalue weighted by Crippen LogP contribution is 2.22. The van der Waals surface area contributed by atoms with E-state index in [-0.39, 0.29) is 0 Å². The van der Waals surface area contributed by atoms with Crippen LogP contribution in [0.2, 0.25) is 4.34 Å². The lowest BCUT2D eigenvalue weighted by molar-refractivity contribution is 1.25. The van der Waals surface area contributed by atoms with Crippen molar-refractivity contribution in [2.24, 2.45) is 0 Å². The van der Waals surface area contributed by atoms with Crippen molar-refractivity contribution >= 4 is 53.1 Å². The standard InChI is InChI=1S/C6H3ClINS2/c1-4-6(7)11-5(9-4)2-3-10-8/h1H3. The summed E-state index contributed by atoms with van der Waals surface area (Å²) in [6.07, 6.45) is 0. The zero-order valence-corrected chi connectivity index (χ0v) is 10.1. The number of halogens is 2. The second kappa shape index (κ2) is 4.55. The third kappa shape index (κ3) is 2.82. The van der Waals surface area contributed by atoms with Gasteiger partial charge in [-0.05, 0) is 27.0 Å². The van der Waals surface area contributed by atoms with E-state index in [0.717, 1.165) is 15.0 Å². The smallest absolute Gasteiger partial charge is 0.169 e. The minimum atomic E-state index is 0.729. The lowest BCUT2D eigenvalue weighted by Crippen LogP contribution is -1.71. The summed E-state index contributed by atoms with van der Waals surface area (Å²) in [5.74, 6) is 2.88. The molecule has 0 fully saturated rings. The Hall–Kier alpha value is 0.560.